The Kier molecular flexibility index (Phi) is 5.30. The van der Waals surface area contributed by atoms with E-state index < -0.39 is 10.0 Å². The van der Waals surface area contributed by atoms with Crippen molar-refractivity contribution in [2.75, 3.05) is 6.79 Å². The first kappa shape index (κ1) is 17.8. The molecule has 1 heterocycles. The Morgan fingerprint density at radius 2 is 1.80 bits per heavy atom. The van der Waals surface area contributed by atoms with Gasteiger partial charge < -0.3 is 9.47 Å². The second-order valence-corrected chi connectivity index (χ2v) is 7.92. The average molecular weight is 361 g/mol. The van der Waals surface area contributed by atoms with Crippen molar-refractivity contribution in [1.82, 2.24) is 4.72 Å². The zero-order chi connectivity index (χ0) is 17.9. The normalized spacial score (nSPS) is 14.5. The van der Waals surface area contributed by atoms with Gasteiger partial charge in [0.15, 0.2) is 11.5 Å². The van der Waals surface area contributed by atoms with Crippen LogP contribution < -0.4 is 14.2 Å². The highest BCUT2D eigenvalue weighted by Gasteiger charge is 2.21. The number of hydrogen-bond donors (Lipinski definition) is 1. The highest BCUT2D eigenvalue weighted by Crippen LogP contribution is 2.34. The van der Waals surface area contributed by atoms with E-state index in [2.05, 4.69) is 11.6 Å². The maximum Gasteiger partial charge on any atom is 0.241 e. The number of ether oxygens (including phenoxy) is 2. The van der Waals surface area contributed by atoms with Crippen LogP contribution in [0.4, 0.5) is 0 Å². The third-order valence-electron chi connectivity index (χ3n) is 4.28. The van der Waals surface area contributed by atoms with Gasteiger partial charge in [0.05, 0.1) is 4.90 Å². The molecule has 1 unspecified atom stereocenters. The minimum atomic E-state index is -3.58. The molecule has 25 heavy (non-hydrogen) atoms. The summed E-state index contributed by atoms with van der Waals surface area (Å²) in [7, 11) is -3.58. The van der Waals surface area contributed by atoms with E-state index in [1.54, 1.807) is 18.2 Å². The molecule has 2 aromatic rings. The fourth-order valence-corrected chi connectivity index (χ4v) is 4.00. The molecule has 134 valence electrons. The van der Waals surface area contributed by atoms with Crippen LogP contribution in [-0.2, 0) is 16.4 Å². The molecule has 0 aliphatic carbocycles. The molecule has 1 aliphatic heterocycles. The molecule has 0 saturated carbocycles. The molecule has 1 N–H and O–H groups in total. The molecule has 0 bridgehead atoms. The minimum absolute atomic E-state index is 0.198. The van der Waals surface area contributed by atoms with Crippen LogP contribution in [0.2, 0.25) is 0 Å². The van der Waals surface area contributed by atoms with Gasteiger partial charge in [-0.15, -0.1) is 0 Å². The first-order valence-electron chi connectivity index (χ1n) is 8.50. The van der Waals surface area contributed by atoms with Crippen molar-refractivity contribution in [2.45, 2.75) is 44.0 Å². The van der Waals surface area contributed by atoms with E-state index in [0.717, 1.165) is 30.4 Å². The van der Waals surface area contributed by atoms with Gasteiger partial charge in [0.2, 0.25) is 16.8 Å². The Morgan fingerprint density at radius 3 is 2.52 bits per heavy atom. The van der Waals surface area contributed by atoms with E-state index in [1.807, 2.05) is 31.2 Å². The van der Waals surface area contributed by atoms with Gasteiger partial charge in [0.25, 0.3) is 0 Å². The first-order valence-corrected chi connectivity index (χ1v) is 9.99. The molecule has 0 fully saturated rings. The van der Waals surface area contributed by atoms with Crippen molar-refractivity contribution >= 4 is 10.0 Å². The molecule has 5 nitrogen and oxygen atoms in total. The van der Waals surface area contributed by atoms with E-state index >= 15 is 0 Å². The Balaban J connectivity index is 1.72. The Bertz CT molecular complexity index is 831. The number of rotatable bonds is 7. The standard InChI is InChI=1S/C19H23NO4S/c1-3-4-5-15-6-9-17(10-7-15)25(21,22)20-14(2)16-8-11-18-19(12-16)24-13-23-18/h6-12,14,20H,3-5,13H2,1-2H3. The number of unbranched alkanes of at least 4 members (excludes halogenated alkanes) is 1. The van der Waals surface area contributed by atoms with Crippen LogP contribution in [-0.4, -0.2) is 15.2 Å². The van der Waals surface area contributed by atoms with Crippen molar-refractivity contribution in [2.24, 2.45) is 0 Å². The van der Waals surface area contributed by atoms with Crippen LogP contribution in [0.3, 0.4) is 0 Å². The SMILES string of the molecule is CCCCc1ccc(S(=O)(=O)NC(C)c2ccc3c(c2)OCO3)cc1. The molecule has 2 aromatic carbocycles. The lowest BCUT2D eigenvalue weighted by Crippen LogP contribution is -2.26. The molecule has 1 aliphatic rings. The second-order valence-electron chi connectivity index (χ2n) is 6.20. The zero-order valence-corrected chi connectivity index (χ0v) is 15.3. The lowest BCUT2D eigenvalue weighted by molar-refractivity contribution is 0.174. The minimum Gasteiger partial charge on any atom is -0.454 e. The smallest absolute Gasteiger partial charge is 0.241 e. The molecule has 1 atom stereocenters. The lowest BCUT2D eigenvalue weighted by Gasteiger charge is -2.15. The van der Waals surface area contributed by atoms with Gasteiger partial charge in [-0.2, -0.15) is 0 Å². The number of benzene rings is 2. The molecule has 3 rings (SSSR count). The monoisotopic (exact) mass is 361 g/mol. The maximum absolute atomic E-state index is 12.6. The molecule has 0 saturated heterocycles. The summed E-state index contributed by atoms with van der Waals surface area (Å²) in [6, 6.07) is 12.2. The molecular weight excluding hydrogens is 338 g/mol. The van der Waals surface area contributed by atoms with E-state index in [9.17, 15) is 8.42 Å². The van der Waals surface area contributed by atoms with Crippen LogP contribution >= 0.6 is 0 Å². The van der Waals surface area contributed by atoms with Crippen LogP contribution in [0.25, 0.3) is 0 Å². The van der Waals surface area contributed by atoms with E-state index in [0.29, 0.717) is 11.5 Å². The van der Waals surface area contributed by atoms with E-state index in [1.165, 1.54) is 0 Å². The topological polar surface area (TPSA) is 64.6 Å². The third-order valence-corrected chi connectivity index (χ3v) is 5.84. The number of hydrogen-bond acceptors (Lipinski definition) is 4. The summed E-state index contributed by atoms with van der Waals surface area (Å²) in [5.74, 6) is 1.32. The van der Waals surface area contributed by atoms with Gasteiger partial charge in [0, 0.05) is 6.04 Å². The van der Waals surface area contributed by atoms with Gasteiger partial charge >= 0.3 is 0 Å². The fraction of sp³-hybridized carbons (Fsp3) is 0.368. The predicted molar refractivity (Wildman–Crippen MR) is 96.4 cm³/mol. The summed E-state index contributed by atoms with van der Waals surface area (Å²) in [4.78, 5) is 0.278. The molecule has 6 heteroatoms. The summed E-state index contributed by atoms with van der Waals surface area (Å²) >= 11 is 0. The molecular formula is C19H23NO4S. The number of aryl methyl sites for hydroxylation is 1. The van der Waals surface area contributed by atoms with Crippen molar-refractivity contribution in [3.05, 3.63) is 53.6 Å². The van der Waals surface area contributed by atoms with Crippen molar-refractivity contribution in [1.29, 1.82) is 0 Å². The summed E-state index contributed by atoms with van der Waals surface area (Å²) in [6.07, 6.45) is 3.19. The Labute approximate surface area is 149 Å². The molecule has 0 spiro atoms. The summed E-state index contributed by atoms with van der Waals surface area (Å²) in [5.41, 5.74) is 1.98. The van der Waals surface area contributed by atoms with Crippen LogP contribution in [0.15, 0.2) is 47.4 Å². The average Bonchev–Trinajstić information content (AvgIpc) is 3.07. The summed E-state index contributed by atoms with van der Waals surface area (Å²) < 4.78 is 38.6. The number of nitrogens with one attached hydrogen (secondary N) is 1. The molecule has 0 aromatic heterocycles. The summed E-state index contributed by atoms with van der Waals surface area (Å²) in [6.45, 7) is 4.15. The van der Waals surface area contributed by atoms with E-state index in [4.69, 9.17) is 9.47 Å². The van der Waals surface area contributed by atoms with Gasteiger partial charge in [-0.25, -0.2) is 13.1 Å². The Hall–Kier alpha value is -2.05. The van der Waals surface area contributed by atoms with E-state index in [-0.39, 0.29) is 17.7 Å². The molecule has 0 amide bonds. The quantitative estimate of drug-likeness (QED) is 0.815. The zero-order valence-electron chi connectivity index (χ0n) is 14.5. The number of fused-ring (bicyclic) bond motifs is 1. The van der Waals surface area contributed by atoms with Crippen LogP contribution in [0.1, 0.15) is 43.9 Å². The first-order chi connectivity index (χ1) is 12.0. The second kappa shape index (κ2) is 7.45. The Morgan fingerprint density at radius 1 is 1.08 bits per heavy atom. The molecule has 0 radical (unpaired) electrons. The van der Waals surface area contributed by atoms with Gasteiger partial charge in [-0.1, -0.05) is 31.5 Å². The predicted octanol–water partition coefficient (Wildman–Crippen LogP) is 3.80. The van der Waals surface area contributed by atoms with Gasteiger partial charge in [-0.3, -0.25) is 0 Å². The third kappa shape index (κ3) is 4.14. The number of sulfonamides is 1. The fourth-order valence-electron chi connectivity index (χ4n) is 2.77. The highest BCUT2D eigenvalue weighted by molar-refractivity contribution is 7.89. The van der Waals surface area contributed by atoms with Gasteiger partial charge in [-0.05, 0) is 55.2 Å². The van der Waals surface area contributed by atoms with Crippen molar-refractivity contribution in [3.8, 4) is 11.5 Å². The highest BCUT2D eigenvalue weighted by atomic mass is 32.2. The maximum atomic E-state index is 12.6. The summed E-state index contributed by atoms with van der Waals surface area (Å²) in [5, 5.41) is 0. The lowest BCUT2D eigenvalue weighted by atomic mass is 10.1. The van der Waals surface area contributed by atoms with Crippen molar-refractivity contribution in [3.63, 3.8) is 0 Å². The van der Waals surface area contributed by atoms with Crippen LogP contribution in [0.5, 0.6) is 11.5 Å². The van der Waals surface area contributed by atoms with Crippen LogP contribution in [0, 0.1) is 0 Å². The van der Waals surface area contributed by atoms with Gasteiger partial charge in [0.1, 0.15) is 0 Å². The largest absolute Gasteiger partial charge is 0.454 e. The van der Waals surface area contributed by atoms with Crippen molar-refractivity contribution < 1.29 is 17.9 Å².